The van der Waals surface area contributed by atoms with E-state index in [4.69, 9.17) is 5.73 Å². The minimum atomic E-state index is -0.595. The normalized spacial score (nSPS) is 15.1. The van der Waals surface area contributed by atoms with Gasteiger partial charge in [0.2, 0.25) is 0 Å². The highest BCUT2D eigenvalue weighted by Gasteiger charge is 2.25. The number of benzene rings is 1. The van der Waals surface area contributed by atoms with Crippen LogP contribution in [0, 0.1) is 0 Å². The molecule has 3 N–H and O–H groups in total. The molecule has 0 aromatic heterocycles. The van der Waals surface area contributed by atoms with E-state index in [1.54, 1.807) is 11.8 Å². The second-order valence-electron chi connectivity index (χ2n) is 3.32. The first-order valence-electron chi connectivity index (χ1n) is 4.76. The molecule has 0 aliphatic heterocycles. The van der Waals surface area contributed by atoms with E-state index < -0.39 is 5.54 Å². The minimum absolute atomic E-state index is 0.00991. The zero-order valence-electron chi connectivity index (χ0n) is 8.44. The zero-order chi connectivity index (χ0) is 10.4. The molecule has 0 amide bonds. The third kappa shape index (κ3) is 2.74. The van der Waals surface area contributed by atoms with Gasteiger partial charge in [-0.1, -0.05) is 37.3 Å². The Balaban J connectivity index is 2.79. The summed E-state index contributed by atoms with van der Waals surface area (Å²) in [6, 6.07) is 9.78. The topological polar surface area (TPSA) is 46.2 Å². The first-order chi connectivity index (χ1) is 6.73. The predicted octanol–water partition coefficient (Wildman–Crippen LogP) is 1.59. The van der Waals surface area contributed by atoms with Crippen LogP contribution < -0.4 is 5.73 Å². The van der Waals surface area contributed by atoms with E-state index in [9.17, 15) is 5.11 Å². The molecular formula is C11H17NOS. The lowest BCUT2D eigenvalue weighted by Crippen LogP contribution is -2.43. The van der Waals surface area contributed by atoms with Crippen LogP contribution in [0.2, 0.25) is 0 Å². The summed E-state index contributed by atoms with van der Waals surface area (Å²) in [5.74, 6) is 1.77. The summed E-state index contributed by atoms with van der Waals surface area (Å²) >= 11 is 1.75. The van der Waals surface area contributed by atoms with Gasteiger partial charge in [-0.3, -0.25) is 0 Å². The van der Waals surface area contributed by atoms with Crippen LogP contribution in [0.15, 0.2) is 30.3 Å². The van der Waals surface area contributed by atoms with E-state index >= 15 is 0 Å². The Kier molecular flexibility index (Phi) is 4.45. The van der Waals surface area contributed by atoms with Gasteiger partial charge in [-0.15, -0.1) is 0 Å². The van der Waals surface area contributed by atoms with Crippen molar-refractivity contribution in [1.82, 2.24) is 0 Å². The molecular weight excluding hydrogens is 194 g/mol. The zero-order valence-corrected chi connectivity index (χ0v) is 9.26. The number of aliphatic hydroxyl groups excluding tert-OH is 1. The fraction of sp³-hybridized carbons (Fsp3) is 0.455. The fourth-order valence-electron chi connectivity index (χ4n) is 1.27. The maximum atomic E-state index is 9.33. The number of nitrogens with two attached hydrogens (primary N) is 1. The predicted molar refractivity (Wildman–Crippen MR) is 62.4 cm³/mol. The lowest BCUT2D eigenvalue weighted by molar-refractivity contribution is 0.213. The molecule has 1 unspecified atom stereocenters. The van der Waals surface area contributed by atoms with Gasteiger partial charge < -0.3 is 10.8 Å². The van der Waals surface area contributed by atoms with Crippen molar-refractivity contribution in [2.24, 2.45) is 5.73 Å². The molecule has 0 spiro atoms. The van der Waals surface area contributed by atoms with E-state index in [2.05, 4.69) is 6.92 Å². The molecule has 0 heterocycles. The molecule has 3 heteroatoms. The molecule has 0 fully saturated rings. The summed E-state index contributed by atoms with van der Waals surface area (Å²) in [6.45, 7) is 2.08. The van der Waals surface area contributed by atoms with Crippen LogP contribution in [0.1, 0.15) is 12.5 Å². The highest BCUT2D eigenvalue weighted by Crippen LogP contribution is 2.22. The Morgan fingerprint density at radius 2 is 2.00 bits per heavy atom. The molecule has 2 nitrogen and oxygen atoms in total. The van der Waals surface area contributed by atoms with Crippen LogP contribution in [0.3, 0.4) is 0 Å². The fourth-order valence-corrected chi connectivity index (χ4v) is 2.10. The number of hydrogen-bond donors (Lipinski definition) is 2. The highest BCUT2D eigenvalue weighted by atomic mass is 32.2. The van der Waals surface area contributed by atoms with Crippen LogP contribution in [0.25, 0.3) is 0 Å². The Labute approximate surface area is 89.5 Å². The molecule has 1 aromatic carbocycles. The van der Waals surface area contributed by atoms with Crippen molar-refractivity contribution in [2.45, 2.75) is 12.5 Å². The van der Waals surface area contributed by atoms with E-state index in [1.165, 1.54) is 0 Å². The summed E-state index contributed by atoms with van der Waals surface area (Å²) < 4.78 is 0. The minimum Gasteiger partial charge on any atom is -0.394 e. The maximum Gasteiger partial charge on any atom is 0.0735 e. The molecule has 14 heavy (non-hydrogen) atoms. The van der Waals surface area contributed by atoms with Crippen LogP contribution >= 0.6 is 11.8 Å². The molecule has 78 valence electrons. The Morgan fingerprint density at radius 1 is 1.36 bits per heavy atom. The van der Waals surface area contributed by atoms with Gasteiger partial charge in [0, 0.05) is 5.75 Å². The molecule has 0 radical (unpaired) electrons. The third-order valence-corrected chi connectivity index (χ3v) is 3.32. The lowest BCUT2D eigenvalue weighted by atomic mass is 9.94. The summed E-state index contributed by atoms with van der Waals surface area (Å²) in [5, 5.41) is 9.33. The maximum absolute atomic E-state index is 9.33. The molecule has 0 aliphatic rings. The molecule has 0 aliphatic carbocycles. The second-order valence-corrected chi connectivity index (χ2v) is 4.59. The van der Waals surface area contributed by atoms with Crippen LogP contribution in [-0.2, 0) is 5.54 Å². The van der Waals surface area contributed by atoms with Crippen molar-refractivity contribution in [3.05, 3.63) is 35.9 Å². The largest absolute Gasteiger partial charge is 0.394 e. The summed E-state index contributed by atoms with van der Waals surface area (Å²) in [4.78, 5) is 0. The van der Waals surface area contributed by atoms with Gasteiger partial charge in [-0.25, -0.2) is 0 Å². The van der Waals surface area contributed by atoms with Gasteiger partial charge in [-0.2, -0.15) is 11.8 Å². The number of hydrogen-bond acceptors (Lipinski definition) is 3. The van der Waals surface area contributed by atoms with Crippen molar-refractivity contribution >= 4 is 11.8 Å². The van der Waals surface area contributed by atoms with Gasteiger partial charge in [0.05, 0.1) is 12.1 Å². The van der Waals surface area contributed by atoms with Crippen molar-refractivity contribution in [3.63, 3.8) is 0 Å². The van der Waals surface area contributed by atoms with Gasteiger partial charge >= 0.3 is 0 Å². The Hall–Kier alpha value is -0.510. The summed E-state index contributed by atoms with van der Waals surface area (Å²) in [5.41, 5.74) is 6.54. The van der Waals surface area contributed by atoms with Crippen molar-refractivity contribution < 1.29 is 5.11 Å². The first-order valence-corrected chi connectivity index (χ1v) is 5.91. The monoisotopic (exact) mass is 211 g/mol. The quantitative estimate of drug-likeness (QED) is 0.777. The highest BCUT2D eigenvalue weighted by molar-refractivity contribution is 7.99. The van der Waals surface area contributed by atoms with Gasteiger partial charge in [-0.05, 0) is 11.3 Å². The SMILES string of the molecule is CCSCC(N)(CO)c1ccccc1. The van der Waals surface area contributed by atoms with Crippen molar-refractivity contribution in [3.8, 4) is 0 Å². The summed E-state index contributed by atoms with van der Waals surface area (Å²) in [7, 11) is 0. The summed E-state index contributed by atoms with van der Waals surface area (Å²) in [6.07, 6.45) is 0. The Morgan fingerprint density at radius 3 is 2.50 bits per heavy atom. The van der Waals surface area contributed by atoms with Gasteiger partial charge in [0.25, 0.3) is 0 Å². The van der Waals surface area contributed by atoms with Crippen LogP contribution in [0.5, 0.6) is 0 Å². The van der Waals surface area contributed by atoms with E-state index in [0.29, 0.717) is 0 Å². The average molecular weight is 211 g/mol. The molecule has 0 saturated heterocycles. The standard InChI is InChI=1S/C11H17NOS/c1-2-14-9-11(12,8-13)10-6-4-3-5-7-10/h3-7,13H,2,8-9,12H2,1H3. The molecule has 1 atom stereocenters. The smallest absolute Gasteiger partial charge is 0.0735 e. The van der Waals surface area contributed by atoms with E-state index in [1.807, 2.05) is 30.3 Å². The van der Waals surface area contributed by atoms with E-state index in [-0.39, 0.29) is 6.61 Å². The second kappa shape index (κ2) is 5.39. The van der Waals surface area contributed by atoms with Crippen molar-refractivity contribution in [1.29, 1.82) is 0 Å². The lowest BCUT2D eigenvalue weighted by Gasteiger charge is -2.27. The van der Waals surface area contributed by atoms with Crippen molar-refractivity contribution in [2.75, 3.05) is 18.1 Å². The number of rotatable bonds is 5. The van der Waals surface area contributed by atoms with Gasteiger partial charge in [0.1, 0.15) is 0 Å². The number of aliphatic hydroxyl groups is 1. The first kappa shape index (κ1) is 11.6. The molecule has 1 rings (SSSR count). The molecule has 0 bridgehead atoms. The van der Waals surface area contributed by atoms with Gasteiger partial charge in [0.15, 0.2) is 0 Å². The Bertz CT molecular complexity index is 265. The van der Waals surface area contributed by atoms with Crippen LogP contribution in [-0.4, -0.2) is 23.2 Å². The van der Waals surface area contributed by atoms with Crippen LogP contribution in [0.4, 0.5) is 0 Å². The average Bonchev–Trinajstić information content (AvgIpc) is 2.27. The molecule has 1 aromatic rings. The molecule has 0 saturated carbocycles. The van der Waals surface area contributed by atoms with E-state index in [0.717, 1.165) is 17.1 Å². The number of thioether (sulfide) groups is 1. The third-order valence-electron chi connectivity index (χ3n) is 2.19.